The highest BCUT2D eigenvalue weighted by Crippen LogP contribution is 2.32. The van der Waals surface area contributed by atoms with Crippen molar-refractivity contribution in [3.8, 4) is 22.9 Å². The number of hydrogen-bond donors (Lipinski definition) is 1. The van der Waals surface area contributed by atoms with Gasteiger partial charge in [0.1, 0.15) is 24.2 Å². The van der Waals surface area contributed by atoms with Crippen LogP contribution in [0.5, 0.6) is 11.5 Å². The van der Waals surface area contributed by atoms with E-state index in [1.54, 1.807) is 24.3 Å². The third-order valence-corrected chi connectivity index (χ3v) is 6.73. The lowest BCUT2D eigenvalue weighted by atomic mass is 10.1. The Morgan fingerprint density at radius 3 is 2.68 bits per heavy atom. The molecular formula is C21H21N3O6S. The summed E-state index contributed by atoms with van der Waals surface area (Å²) in [7, 11) is -3.89. The summed E-state index contributed by atoms with van der Waals surface area (Å²) in [6.07, 6.45) is 0. The standard InChI is InChI=1S/C21H21N3O6S/c1-13-4-3-5-15(10-13)20-23-19(30-24-20)12-31(26,27)14(2)21(25)22-16-6-7-17-18(11-16)29-9-8-28-17/h3-7,10-11,14H,8-9,12H2,1-2H3,(H,22,25)/t14-/m0/s1. The van der Waals surface area contributed by atoms with Gasteiger partial charge in [0.2, 0.25) is 17.6 Å². The second-order valence-corrected chi connectivity index (χ2v) is 9.50. The van der Waals surface area contributed by atoms with Crippen molar-refractivity contribution in [2.45, 2.75) is 24.9 Å². The number of aryl methyl sites for hydroxylation is 1. The predicted molar refractivity (Wildman–Crippen MR) is 113 cm³/mol. The van der Waals surface area contributed by atoms with Crippen molar-refractivity contribution in [2.24, 2.45) is 0 Å². The van der Waals surface area contributed by atoms with Gasteiger partial charge in [-0.15, -0.1) is 0 Å². The topological polar surface area (TPSA) is 121 Å². The zero-order valence-electron chi connectivity index (χ0n) is 17.0. The van der Waals surface area contributed by atoms with E-state index < -0.39 is 26.7 Å². The molecule has 0 saturated heterocycles. The van der Waals surface area contributed by atoms with E-state index in [2.05, 4.69) is 15.5 Å². The zero-order valence-corrected chi connectivity index (χ0v) is 17.8. The molecule has 0 unspecified atom stereocenters. The molecule has 1 aliphatic heterocycles. The van der Waals surface area contributed by atoms with E-state index in [-0.39, 0.29) is 5.89 Å². The average Bonchev–Trinajstić information content (AvgIpc) is 3.21. The smallest absolute Gasteiger partial charge is 0.242 e. The van der Waals surface area contributed by atoms with Gasteiger partial charge >= 0.3 is 0 Å². The van der Waals surface area contributed by atoms with Crippen LogP contribution in [-0.2, 0) is 20.4 Å². The first kappa shape index (κ1) is 20.9. The number of benzene rings is 2. The van der Waals surface area contributed by atoms with Crippen LogP contribution < -0.4 is 14.8 Å². The van der Waals surface area contributed by atoms with Gasteiger partial charge in [-0.2, -0.15) is 4.98 Å². The minimum atomic E-state index is -3.89. The number of nitrogens with zero attached hydrogens (tertiary/aromatic N) is 2. The summed E-state index contributed by atoms with van der Waals surface area (Å²) in [5, 5.41) is 5.12. The molecule has 1 atom stereocenters. The predicted octanol–water partition coefficient (Wildman–Crippen LogP) is 2.76. The zero-order chi connectivity index (χ0) is 22.0. The van der Waals surface area contributed by atoms with Crippen LogP contribution in [0, 0.1) is 6.92 Å². The number of sulfone groups is 1. The lowest BCUT2D eigenvalue weighted by Crippen LogP contribution is -2.33. The molecule has 0 spiro atoms. The Morgan fingerprint density at radius 2 is 1.90 bits per heavy atom. The molecule has 2 aromatic carbocycles. The first-order chi connectivity index (χ1) is 14.8. The van der Waals surface area contributed by atoms with Crippen LogP contribution in [0.3, 0.4) is 0 Å². The quantitative estimate of drug-likeness (QED) is 0.617. The lowest BCUT2D eigenvalue weighted by molar-refractivity contribution is -0.115. The van der Waals surface area contributed by atoms with Gasteiger partial charge in [0.05, 0.1) is 0 Å². The molecule has 0 aliphatic carbocycles. The van der Waals surface area contributed by atoms with Gasteiger partial charge in [-0.25, -0.2) is 8.42 Å². The van der Waals surface area contributed by atoms with Gasteiger partial charge in [0.25, 0.3) is 0 Å². The molecule has 0 radical (unpaired) electrons. The SMILES string of the molecule is Cc1cccc(-c2noc(CS(=O)(=O)[C@@H](C)C(=O)Nc3ccc4c(c3)OCCO4)n2)c1. The summed E-state index contributed by atoms with van der Waals surface area (Å²) in [5.74, 6) is 0.0781. The maximum Gasteiger partial charge on any atom is 0.242 e. The third kappa shape index (κ3) is 4.69. The second kappa shape index (κ2) is 8.38. The van der Waals surface area contributed by atoms with Crippen LogP contribution in [-0.4, -0.2) is 42.9 Å². The van der Waals surface area contributed by atoms with Crippen LogP contribution in [0.25, 0.3) is 11.4 Å². The monoisotopic (exact) mass is 443 g/mol. The molecular weight excluding hydrogens is 422 g/mol. The fraction of sp³-hybridized carbons (Fsp3) is 0.286. The molecule has 0 saturated carbocycles. The minimum absolute atomic E-state index is 0.0736. The first-order valence-corrected chi connectivity index (χ1v) is 11.3. The summed E-state index contributed by atoms with van der Waals surface area (Å²) >= 11 is 0. The van der Waals surface area contributed by atoms with Gasteiger partial charge < -0.3 is 19.3 Å². The van der Waals surface area contributed by atoms with Crippen molar-refractivity contribution in [3.05, 3.63) is 53.9 Å². The molecule has 10 heteroatoms. The molecule has 4 rings (SSSR count). The normalized spacial score (nSPS) is 14.1. The van der Waals surface area contributed by atoms with E-state index in [1.807, 2.05) is 25.1 Å². The molecule has 31 heavy (non-hydrogen) atoms. The molecule has 1 aliphatic rings. The molecule has 3 aromatic rings. The van der Waals surface area contributed by atoms with Crippen molar-refractivity contribution in [3.63, 3.8) is 0 Å². The Hall–Kier alpha value is -3.40. The van der Waals surface area contributed by atoms with Gasteiger partial charge in [0, 0.05) is 17.3 Å². The van der Waals surface area contributed by atoms with Crippen LogP contribution >= 0.6 is 0 Å². The maximum atomic E-state index is 12.7. The molecule has 0 fully saturated rings. The molecule has 1 amide bonds. The van der Waals surface area contributed by atoms with E-state index in [9.17, 15) is 13.2 Å². The highest BCUT2D eigenvalue weighted by Gasteiger charge is 2.30. The van der Waals surface area contributed by atoms with E-state index in [4.69, 9.17) is 14.0 Å². The van der Waals surface area contributed by atoms with Crippen molar-refractivity contribution in [1.29, 1.82) is 0 Å². The Balaban J connectivity index is 1.44. The molecule has 1 aromatic heterocycles. The number of amides is 1. The summed E-state index contributed by atoms with van der Waals surface area (Å²) < 4.78 is 41.5. The van der Waals surface area contributed by atoms with Crippen LogP contribution in [0.1, 0.15) is 18.4 Å². The molecule has 2 heterocycles. The Bertz CT molecular complexity index is 1220. The van der Waals surface area contributed by atoms with Gasteiger partial charge in [-0.05, 0) is 32.0 Å². The van der Waals surface area contributed by atoms with Crippen molar-refractivity contribution in [2.75, 3.05) is 18.5 Å². The number of carbonyl (C=O) groups excluding carboxylic acids is 1. The van der Waals surface area contributed by atoms with E-state index in [1.165, 1.54) is 6.92 Å². The third-order valence-electron chi connectivity index (χ3n) is 4.79. The minimum Gasteiger partial charge on any atom is -0.486 e. The highest BCUT2D eigenvalue weighted by atomic mass is 32.2. The van der Waals surface area contributed by atoms with E-state index in [0.717, 1.165) is 11.1 Å². The van der Waals surface area contributed by atoms with Crippen molar-refractivity contribution >= 4 is 21.4 Å². The van der Waals surface area contributed by atoms with Crippen LogP contribution in [0.15, 0.2) is 47.0 Å². The summed E-state index contributed by atoms with van der Waals surface area (Å²) in [5.41, 5.74) is 2.15. The first-order valence-electron chi connectivity index (χ1n) is 9.63. The number of anilines is 1. The fourth-order valence-electron chi connectivity index (χ4n) is 3.04. The van der Waals surface area contributed by atoms with Crippen molar-refractivity contribution < 1.29 is 27.2 Å². The Kier molecular flexibility index (Phi) is 5.64. The lowest BCUT2D eigenvalue weighted by Gasteiger charge is -2.19. The summed E-state index contributed by atoms with van der Waals surface area (Å²) in [6, 6.07) is 12.3. The second-order valence-electron chi connectivity index (χ2n) is 7.18. The van der Waals surface area contributed by atoms with Gasteiger partial charge in [-0.3, -0.25) is 4.79 Å². The number of nitrogens with one attached hydrogen (secondary N) is 1. The largest absolute Gasteiger partial charge is 0.486 e. The molecule has 9 nitrogen and oxygen atoms in total. The number of hydrogen-bond acceptors (Lipinski definition) is 8. The highest BCUT2D eigenvalue weighted by molar-refractivity contribution is 7.92. The summed E-state index contributed by atoms with van der Waals surface area (Å²) in [4.78, 5) is 16.7. The number of aromatic nitrogens is 2. The summed E-state index contributed by atoms with van der Waals surface area (Å²) in [6.45, 7) is 4.11. The Labute approximate surface area is 179 Å². The number of carbonyl (C=O) groups is 1. The van der Waals surface area contributed by atoms with Crippen LogP contribution in [0.4, 0.5) is 5.69 Å². The molecule has 0 bridgehead atoms. The number of fused-ring (bicyclic) bond motifs is 1. The fourth-order valence-corrected chi connectivity index (χ4v) is 4.14. The van der Waals surface area contributed by atoms with E-state index in [0.29, 0.717) is 36.2 Å². The van der Waals surface area contributed by atoms with Gasteiger partial charge in [0.15, 0.2) is 21.3 Å². The Morgan fingerprint density at radius 1 is 1.13 bits per heavy atom. The van der Waals surface area contributed by atoms with Crippen LogP contribution in [0.2, 0.25) is 0 Å². The van der Waals surface area contributed by atoms with Gasteiger partial charge in [-0.1, -0.05) is 28.9 Å². The number of ether oxygens (including phenoxy) is 2. The maximum absolute atomic E-state index is 12.7. The van der Waals surface area contributed by atoms with Crippen molar-refractivity contribution in [1.82, 2.24) is 10.1 Å². The molecule has 162 valence electrons. The number of rotatable bonds is 6. The molecule has 1 N–H and O–H groups in total. The van der Waals surface area contributed by atoms with E-state index >= 15 is 0 Å². The average molecular weight is 443 g/mol.